The van der Waals surface area contributed by atoms with Gasteiger partial charge in [-0.3, -0.25) is 4.79 Å². The lowest BCUT2D eigenvalue weighted by molar-refractivity contribution is -0.115. The van der Waals surface area contributed by atoms with Gasteiger partial charge in [0.15, 0.2) is 5.69 Å². The van der Waals surface area contributed by atoms with E-state index in [0.717, 1.165) is 16.7 Å². The van der Waals surface area contributed by atoms with Crippen molar-refractivity contribution in [1.29, 1.82) is 0 Å². The molecule has 0 bridgehead atoms. The minimum Gasteiger partial charge on any atom is -0.458 e. The van der Waals surface area contributed by atoms with E-state index < -0.39 is 10.0 Å². The number of hydrogen-bond acceptors (Lipinski definition) is 4. The largest absolute Gasteiger partial charge is 0.458 e. The number of halogens is 1. The van der Waals surface area contributed by atoms with E-state index in [9.17, 15) is 13.2 Å². The highest BCUT2D eigenvalue weighted by atomic mass is 35.5. The molecule has 3 aromatic rings. The van der Waals surface area contributed by atoms with Crippen LogP contribution in [0.1, 0.15) is 22.3 Å². The van der Waals surface area contributed by atoms with Crippen molar-refractivity contribution < 1.29 is 17.9 Å². The van der Waals surface area contributed by atoms with E-state index in [4.69, 9.17) is 28.0 Å². The van der Waals surface area contributed by atoms with E-state index in [2.05, 4.69) is 10.2 Å². The zero-order valence-corrected chi connectivity index (χ0v) is 19.8. The van der Waals surface area contributed by atoms with Crippen LogP contribution in [0.25, 0.3) is 4.85 Å². The fourth-order valence-corrected chi connectivity index (χ4v) is 4.06. The molecule has 9 heteroatoms. The van der Waals surface area contributed by atoms with Crippen LogP contribution in [0.4, 0.5) is 11.4 Å². The minimum atomic E-state index is -3.82. The monoisotopic (exact) mass is 483 g/mol. The molecule has 0 fully saturated rings. The van der Waals surface area contributed by atoms with Gasteiger partial charge in [-0.2, -0.15) is 0 Å². The van der Waals surface area contributed by atoms with E-state index in [0.29, 0.717) is 33.5 Å². The van der Waals surface area contributed by atoms with Gasteiger partial charge in [0.2, 0.25) is 15.9 Å². The molecule has 0 aliphatic carbocycles. The number of aryl methyl sites for hydroxylation is 2. The molecule has 3 rings (SSSR count). The van der Waals surface area contributed by atoms with Crippen LogP contribution < -0.4 is 15.2 Å². The Morgan fingerprint density at radius 2 is 1.82 bits per heavy atom. The van der Waals surface area contributed by atoms with Crippen LogP contribution in [0.2, 0.25) is 5.02 Å². The van der Waals surface area contributed by atoms with E-state index in [-0.39, 0.29) is 17.2 Å². The van der Waals surface area contributed by atoms with Gasteiger partial charge in [-0.05, 0) is 85.5 Å². The van der Waals surface area contributed by atoms with Crippen LogP contribution in [0, 0.1) is 27.3 Å². The van der Waals surface area contributed by atoms with Crippen molar-refractivity contribution in [2.45, 2.75) is 32.1 Å². The zero-order chi connectivity index (χ0) is 24.3. The van der Waals surface area contributed by atoms with Gasteiger partial charge in [-0.1, -0.05) is 17.7 Å². The lowest BCUT2D eigenvalue weighted by Gasteiger charge is -2.14. The third-order valence-electron chi connectivity index (χ3n) is 5.06. The Bertz CT molecular complexity index is 1400. The SMILES string of the molecule is [C-]#[N+]c1cc(Cl)cc(Oc2cc(CC(=O)Nc3ccc(S(N)(=O)=O)cc3C)cc(C)c2C)c1. The molecule has 0 unspecified atom stereocenters. The van der Waals surface area contributed by atoms with Crippen LogP contribution in [0.3, 0.4) is 0 Å². The average molecular weight is 484 g/mol. The number of carbonyl (C=O) groups excluding carboxylic acids is 1. The second kappa shape index (κ2) is 9.63. The Balaban J connectivity index is 1.81. The molecule has 0 aliphatic heterocycles. The van der Waals surface area contributed by atoms with Gasteiger partial charge in [0, 0.05) is 10.7 Å². The predicted octanol–water partition coefficient (Wildman–Crippen LogP) is 5.44. The lowest BCUT2D eigenvalue weighted by Crippen LogP contribution is -2.16. The molecule has 0 radical (unpaired) electrons. The molecule has 0 saturated heterocycles. The number of benzene rings is 3. The number of amides is 1. The standard InChI is InChI=1S/C24H22ClN3O4S/c1-14-7-17(9-23(16(14)3)32-20-12-18(25)11-19(13-20)27-4)10-24(29)28-22-6-5-21(8-15(22)2)33(26,30)31/h5-9,11-13H,10H2,1-3H3,(H,28,29)(H2,26,30,31). The fourth-order valence-electron chi connectivity index (χ4n) is 3.24. The van der Waals surface area contributed by atoms with Gasteiger partial charge in [0.1, 0.15) is 11.5 Å². The maximum Gasteiger partial charge on any atom is 0.238 e. The van der Waals surface area contributed by atoms with Crippen molar-refractivity contribution in [3.8, 4) is 11.5 Å². The van der Waals surface area contributed by atoms with E-state index >= 15 is 0 Å². The van der Waals surface area contributed by atoms with E-state index in [1.165, 1.54) is 18.2 Å². The second-order valence-corrected chi connectivity index (χ2v) is 9.64. The third kappa shape index (κ3) is 6.11. The van der Waals surface area contributed by atoms with Crippen molar-refractivity contribution in [2.75, 3.05) is 5.32 Å². The second-order valence-electron chi connectivity index (χ2n) is 7.64. The Morgan fingerprint density at radius 1 is 1.09 bits per heavy atom. The number of hydrogen-bond donors (Lipinski definition) is 2. The molecule has 0 atom stereocenters. The average Bonchev–Trinajstić information content (AvgIpc) is 2.71. The number of primary sulfonamides is 1. The highest BCUT2D eigenvalue weighted by molar-refractivity contribution is 7.89. The van der Waals surface area contributed by atoms with Crippen LogP contribution in [-0.4, -0.2) is 14.3 Å². The number of anilines is 1. The molecule has 0 saturated carbocycles. The summed E-state index contributed by atoms with van der Waals surface area (Å²) in [7, 11) is -3.82. The molecule has 0 aliphatic rings. The fraction of sp³-hybridized carbons (Fsp3) is 0.167. The van der Waals surface area contributed by atoms with Crippen LogP contribution in [0.5, 0.6) is 11.5 Å². The highest BCUT2D eigenvalue weighted by Crippen LogP contribution is 2.33. The number of sulfonamides is 1. The van der Waals surface area contributed by atoms with E-state index in [1.807, 2.05) is 19.9 Å². The number of carbonyl (C=O) groups is 1. The van der Waals surface area contributed by atoms with Crippen LogP contribution >= 0.6 is 11.6 Å². The summed E-state index contributed by atoms with van der Waals surface area (Å²) in [5.74, 6) is 0.724. The Kier molecular flexibility index (Phi) is 7.08. The first-order valence-corrected chi connectivity index (χ1v) is 11.8. The summed E-state index contributed by atoms with van der Waals surface area (Å²) < 4.78 is 29.0. The van der Waals surface area contributed by atoms with Gasteiger partial charge in [-0.15, -0.1) is 0 Å². The van der Waals surface area contributed by atoms with Crippen molar-refractivity contribution >= 4 is 38.9 Å². The Labute approximate surface area is 198 Å². The molecule has 3 N–H and O–H groups in total. The van der Waals surface area contributed by atoms with Crippen LogP contribution in [0.15, 0.2) is 53.4 Å². The molecular weight excluding hydrogens is 462 g/mol. The molecule has 3 aromatic carbocycles. The number of nitrogens with two attached hydrogens (primary N) is 1. The summed E-state index contributed by atoms with van der Waals surface area (Å²) in [6.45, 7) is 12.7. The maximum absolute atomic E-state index is 12.7. The Morgan fingerprint density at radius 3 is 2.45 bits per heavy atom. The lowest BCUT2D eigenvalue weighted by atomic mass is 10.0. The predicted molar refractivity (Wildman–Crippen MR) is 129 cm³/mol. The molecule has 1 amide bonds. The first-order valence-electron chi connectivity index (χ1n) is 9.85. The summed E-state index contributed by atoms with van der Waals surface area (Å²) in [5, 5.41) is 8.34. The molecule has 0 heterocycles. The molecule has 7 nitrogen and oxygen atoms in total. The topological polar surface area (TPSA) is 103 Å². The number of nitrogens with zero attached hydrogens (tertiary/aromatic N) is 1. The zero-order valence-electron chi connectivity index (χ0n) is 18.3. The maximum atomic E-state index is 12.7. The van der Waals surface area contributed by atoms with Crippen LogP contribution in [-0.2, 0) is 21.2 Å². The quantitative estimate of drug-likeness (QED) is 0.456. The minimum absolute atomic E-state index is 0.0173. The first-order chi connectivity index (χ1) is 15.5. The van der Waals surface area contributed by atoms with Gasteiger partial charge in [0.25, 0.3) is 0 Å². The summed E-state index contributed by atoms with van der Waals surface area (Å²) >= 11 is 6.07. The van der Waals surface area contributed by atoms with Gasteiger partial charge >= 0.3 is 0 Å². The van der Waals surface area contributed by atoms with Crippen molar-refractivity contribution in [1.82, 2.24) is 0 Å². The number of nitrogens with one attached hydrogen (secondary N) is 1. The summed E-state index contributed by atoms with van der Waals surface area (Å²) in [6, 6.07) is 12.7. The smallest absolute Gasteiger partial charge is 0.238 e. The van der Waals surface area contributed by atoms with Crippen molar-refractivity contribution in [2.24, 2.45) is 5.14 Å². The van der Waals surface area contributed by atoms with Gasteiger partial charge in [0.05, 0.1) is 17.9 Å². The normalized spacial score (nSPS) is 11.0. The third-order valence-corrected chi connectivity index (χ3v) is 6.19. The number of rotatable bonds is 6. The molecule has 170 valence electrons. The van der Waals surface area contributed by atoms with Crippen molar-refractivity contribution in [3.63, 3.8) is 0 Å². The summed E-state index contributed by atoms with van der Waals surface area (Å²) in [5.41, 5.74) is 4.02. The van der Waals surface area contributed by atoms with Gasteiger partial charge in [-0.25, -0.2) is 18.4 Å². The molecular formula is C24H22ClN3O4S. The molecule has 0 spiro atoms. The summed E-state index contributed by atoms with van der Waals surface area (Å²) in [6.07, 6.45) is 0.0801. The first kappa shape index (κ1) is 24.3. The summed E-state index contributed by atoms with van der Waals surface area (Å²) in [4.78, 5) is 16.0. The number of ether oxygens (including phenoxy) is 1. The molecule has 33 heavy (non-hydrogen) atoms. The van der Waals surface area contributed by atoms with Gasteiger partial charge < -0.3 is 10.1 Å². The molecule has 0 aromatic heterocycles. The highest BCUT2D eigenvalue weighted by Gasteiger charge is 2.14. The van der Waals surface area contributed by atoms with Crippen molar-refractivity contribution in [3.05, 3.63) is 87.2 Å². The Hall–Kier alpha value is -3.38. The van der Waals surface area contributed by atoms with E-state index in [1.54, 1.807) is 31.2 Å².